The van der Waals surface area contributed by atoms with Crippen molar-refractivity contribution in [2.75, 3.05) is 24.0 Å². The van der Waals surface area contributed by atoms with E-state index in [9.17, 15) is 14.4 Å². The van der Waals surface area contributed by atoms with Gasteiger partial charge in [-0.1, -0.05) is 18.2 Å². The van der Waals surface area contributed by atoms with E-state index in [1.165, 1.54) is 4.90 Å². The summed E-state index contributed by atoms with van der Waals surface area (Å²) >= 11 is 1.70. The number of para-hydroxylation sites is 1. The van der Waals surface area contributed by atoms with Gasteiger partial charge in [0.25, 0.3) is 5.91 Å². The summed E-state index contributed by atoms with van der Waals surface area (Å²) < 4.78 is 0. The lowest BCUT2D eigenvalue weighted by molar-refractivity contribution is -0.144. The van der Waals surface area contributed by atoms with Gasteiger partial charge >= 0.3 is 0 Å². The maximum atomic E-state index is 13.5. The van der Waals surface area contributed by atoms with E-state index in [0.29, 0.717) is 0 Å². The van der Waals surface area contributed by atoms with E-state index in [4.69, 9.17) is 0 Å². The molecule has 3 aliphatic rings. The van der Waals surface area contributed by atoms with Gasteiger partial charge in [-0.2, -0.15) is 11.8 Å². The average molecular weight is 388 g/mol. The molecule has 2 saturated heterocycles. The molecule has 7 heteroatoms. The fourth-order valence-corrected chi connectivity index (χ4v) is 5.57. The maximum absolute atomic E-state index is 13.5. The molecule has 3 aliphatic heterocycles. The maximum Gasteiger partial charge on any atom is 0.252 e. The van der Waals surface area contributed by atoms with Crippen LogP contribution in [-0.2, 0) is 19.9 Å². The van der Waals surface area contributed by atoms with Crippen molar-refractivity contribution in [2.24, 2.45) is 11.8 Å². The highest BCUT2D eigenvalue weighted by molar-refractivity contribution is 7.98. The molecule has 6 nitrogen and oxygen atoms in total. The Morgan fingerprint density at radius 2 is 1.89 bits per heavy atom. The van der Waals surface area contributed by atoms with Crippen LogP contribution in [0.4, 0.5) is 5.69 Å². The minimum Gasteiger partial charge on any atom is -0.313 e. The van der Waals surface area contributed by atoms with Gasteiger partial charge in [-0.15, -0.1) is 0 Å². The Balaban J connectivity index is 1.88. The van der Waals surface area contributed by atoms with Crippen molar-refractivity contribution in [1.29, 1.82) is 0 Å². The lowest BCUT2D eigenvalue weighted by Gasteiger charge is -2.31. The van der Waals surface area contributed by atoms with E-state index in [0.717, 1.165) is 23.4 Å². The predicted molar refractivity (Wildman–Crippen MR) is 105 cm³/mol. The number of amides is 3. The smallest absolute Gasteiger partial charge is 0.252 e. The zero-order valence-corrected chi connectivity index (χ0v) is 16.9. The number of thioether (sulfide) groups is 1. The number of nitrogens with one attached hydrogen (secondary N) is 1. The Bertz CT molecular complexity index is 826. The molecule has 4 atom stereocenters. The van der Waals surface area contributed by atoms with Crippen molar-refractivity contribution >= 4 is 35.2 Å². The standard InChI is InChI=1S/C20H25N3O3S/c1-11(2)23-17(24)15-13(9-10-27-4)21-20(16(15)18(23)25)12-7-5-6-8-14(12)22(3)19(20)26/h5-8,11,13,15-16,21H,9-10H2,1-4H3/t13-,15+,16+,20-/m0/s1. The summed E-state index contributed by atoms with van der Waals surface area (Å²) in [6.45, 7) is 3.70. The van der Waals surface area contributed by atoms with E-state index in [1.807, 2.05) is 44.4 Å². The van der Waals surface area contributed by atoms with E-state index in [2.05, 4.69) is 5.32 Å². The molecule has 0 aromatic heterocycles. The molecule has 27 heavy (non-hydrogen) atoms. The van der Waals surface area contributed by atoms with Gasteiger partial charge in [0, 0.05) is 30.4 Å². The Labute approximate surface area is 163 Å². The molecule has 0 aliphatic carbocycles. The average Bonchev–Trinajstić information content (AvgIpc) is 3.20. The second-order valence-electron chi connectivity index (χ2n) is 7.87. The lowest BCUT2D eigenvalue weighted by atomic mass is 9.76. The number of carbonyl (C=O) groups excluding carboxylic acids is 3. The van der Waals surface area contributed by atoms with Gasteiger partial charge in [-0.05, 0) is 38.3 Å². The summed E-state index contributed by atoms with van der Waals surface area (Å²) in [4.78, 5) is 43.0. The second kappa shape index (κ2) is 6.34. The van der Waals surface area contributed by atoms with Crippen LogP contribution in [0.25, 0.3) is 0 Å². The number of benzene rings is 1. The first-order valence-corrected chi connectivity index (χ1v) is 10.8. The highest BCUT2D eigenvalue weighted by Crippen LogP contribution is 2.54. The first kappa shape index (κ1) is 18.5. The van der Waals surface area contributed by atoms with Crippen molar-refractivity contribution in [3.8, 4) is 0 Å². The first-order chi connectivity index (χ1) is 12.9. The Morgan fingerprint density at radius 3 is 2.56 bits per heavy atom. The van der Waals surface area contributed by atoms with Crippen LogP contribution < -0.4 is 10.2 Å². The molecule has 0 saturated carbocycles. The van der Waals surface area contributed by atoms with Crippen molar-refractivity contribution in [2.45, 2.75) is 37.9 Å². The molecule has 0 radical (unpaired) electrons. The van der Waals surface area contributed by atoms with E-state index < -0.39 is 17.4 Å². The molecule has 1 aromatic rings. The first-order valence-electron chi connectivity index (χ1n) is 9.37. The highest BCUT2D eigenvalue weighted by Gasteiger charge is 2.71. The molecule has 1 aromatic carbocycles. The van der Waals surface area contributed by atoms with Gasteiger partial charge in [0.2, 0.25) is 11.8 Å². The molecule has 3 heterocycles. The van der Waals surface area contributed by atoms with Gasteiger partial charge in [0.15, 0.2) is 0 Å². The largest absolute Gasteiger partial charge is 0.313 e. The molecule has 4 rings (SSSR count). The molecular formula is C20H25N3O3S. The van der Waals surface area contributed by atoms with Crippen LogP contribution >= 0.6 is 11.8 Å². The summed E-state index contributed by atoms with van der Waals surface area (Å²) in [6, 6.07) is 7.19. The molecule has 2 fully saturated rings. The monoisotopic (exact) mass is 387 g/mol. The van der Waals surface area contributed by atoms with E-state index in [-0.39, 0.29) is 29.8 Å². The Morgan fingerprint density at radius 1 is 1.19 bits per heavy atom. The van der Waals surface area contributed by atoms with Gasteiger partial charge in [-0.25, -0.2) is 0 Å². The van der Waals surface area contributed by atoms with Crippen molar-refractivity contribution < 1.29 is 14.4 Å². The topological polar surface area (TPSA) is 69.7 Å². The van der Waals surface area contributed by atoms with Crippen LogP contribution in [0.3, 0.4) is 0 Å². The van der Waals surface area contributed by atoms with E-state index >= 15 is 0 Å². The number of likely N-dealkylation sites (N-methyl/N-ethyl adjacent to an activating group) is 1. The normalized spacial score (nSPS) is 32.2. The summed E-state index contributed by atoms with van der Waals surface area (Å²) in [6.07, 6.45) is 2.77. The van der Waals surface area contributed by atoms with Gasteiger partial charge in [0.1, 0.15) is 5.54 Å². The Hall–Kier alpha value is -1.86. The molecule has 0 bridgehead atoms. The number of anilines is 1. The minimum absolute atomic E-state index is 0.142. The summed E-state index contributed by atoms with van der Waals surface area (Å²) in [5.74, 6) is -0.815. The predicted octanol–water partition coefficient (Wildman–Crippen LogP) is 1.59. The van der Waals surface area contributed by atoms with Gasteiger partial charge in [-0.3, -0.25) is 24.6 Å². The summed E-state index contributed by atoms with van der Waals surface area (Å²) in [5.41, 5.74) is 0.476. The van der Waals surface area contributed by atoms with Crippen molar-refractivity contribution in [3.63, 3.8) is 0 Å². The number of likely N-dealkylation sites (tertiary alicyclic amines) is 1. The third-order valence-electron chi connectivity index (χ3n) is 6.18. The lowest BCUT2D eigenvalue weighted by Crippen LogP contribution is -2.55. The van der Waals surface area contributed by atoms with Crippen LogP contribution in [-0.4, -0.2) is 53.8 Å². The highest BCUT2D eigenvalue weighted by atomic mass is 32.2. The van der Waals surface area contributed by atoms with Crippen molar-refractivity contribution in [1.82, 2.24) is 10.2 Å². The van der Waals surface area contributed by atoms with Crippen LogP contribution in [0.2, 0.25) is 0 Å². The zero-order valence-electron chi connectivity index (χ0n) is 16.1. The molecule has 144 valence electrons. The quantitative estimate of drug-likeness (QED) is 0.795. The van der Waals surface area contributed by atoms with E-state index in [1.54, 1.807) is 23.7 Å². The molecule has 1 N–H and O–H groups in total. The number of nitrogens with zero attached hydrogens (tertiary/aromatic N) is 2. The fraction of sp³-hybridized carbons (Fsp3) is 0.550. The minimum atomic E-state index is -1.14. The number of rotatable bonds is 4. The third kappa shape index (κ3) is 2.27. The number of fused-ring (bicyclic) bond motifs is 4. The van der Waals surface area contributed by atoms with Gasteiger partial charge < -0.3 is 4.90 Å². The molecule has 0 unspecified atom stereocenters. The fourth-order valence-electron chi connectivity index (χ4n) is 5.08. The van der Waals surface area contributed by atoms with Crippen LogP contribution in [0.5, 0.6) is 0 Å². The Kier molecular flexibility index (Phi) is 4.35. The van der Waals surface area contributed by atoms with Gasteiger partial charge in [0.05, 0.1) is 11.8 Å². The number of hydrogen-bond acceptors (Lipinski definition) is 5. The number of carbonyl (C=O) groups is 3. The summed E-state index contributed by atoms with van der Waals surface area (Å²) in [7, 11) is 1.74. The third-order valence-corrected chi connectivity index (χ3v) is 6.82. The van der Waals surface area contributed by atoms with Crippen molar-refractivity contribution in [3.05, 3.63) is 29.8 Å². The SMILES string of the molecule is CSCC[C@@H]1N[C@]2(C(=O)N(C)c3ccccc32)[C@H]2C(=O)N(C(C)C)C(=O)[C@H]12. The molecular weight excluding hydrogens is 362 g/mol. The molecule has 1 spiro atoms. The zero-order chi connectivity index (χ0) is 19.5. The molecule has 3 amide bonds. The summed E-state index contributed by atoms with van der Waals surface area (Å²) in [5, 5.41) is 3.49. The second-order valence-corrected chi connectivity index (χ2v) is 8.85. The van der Waals surface area contributed by atoms with Crippen LogP contribution in [0.15, 0.2) is 24.3 Å². The number of imide groups is 1. The van der Waals surface area contributed by atoms with Crippen LogP contribution in [0, 0.1) is 11.8 Å². The van der Waals surface area contributed by atoms with Crippen LogP contribution in [0.1, 0.15) is 25.8 Å². The number of hydrogen-bond donors (Lipinski definition) is 1.